The fraction of sp³-hybridized carbons (Fsp3) is 0.250. The Bertz CT molecular complexity index is 1110. The van der Waals surface area contributed by atoms with Crippen molar-refractivity contribution in [2.75, 3.05) is 19.5 Å². The number of carbonyl (C=O) groups is 1. The van der Waals surface area contributed by atoms with Gasteiger partial charge in [0.1, 0.15) is 11.4 Å². The molecule has 0 aliphatic heterocycles. The van der Waals surface area contributed by atoms with Crippen LogP contribution in [0.4, 0.5) is 11.4 Å². The van der Waals surface area contributed by atoms with E-state index in [2.05, 4.69) is 20.5 Å². The lowest BCUT2D eigenvalue weighted by Gasteiger charge is -2.11. The first-order chi connectivity index (χ1) is 14.5. The van der Waals surface area contributed by atoms with Gasteiger partial charge in [0.25, 0.3) is 11.6 Å². The number of aromatic amines is 1. The summed E-state index contributed by atoms with van der Waals surface area (Å²) in [4.78, 5) is 28.0. The van der Waals surface area contributed by atoms with E-state index in [-0.39, 0.29) is 22.7 Å². The van der Waals surface area contributed by atoms with Gasteiger partial charge in [0.15, 0.2) is 17.3 Å². The van der Waals surface area contributed by atoms with Crippen molar-refractivity contribution in [3.63, 3.8) is 0 Å². The molecule has 0 saturated heterocycles. The van der Waals surface area contributed by atoms with Crippen LogP contribution in [0.2, 0.25) is 0 Å². The SMILES string of the molecule is COc1cc(C(=O)Nc2ccc(-c3n[nH]c(C4CC4)n3)cc2)c([N+](=O)[O-])cc1OC. The lowest BCUT2D eigenvalue weighted by Crippen LogP contribution is -2.14. The molecule has 0 atom stereocenters. The molecule has 154 valence electrons. The van der Waals surface area contributed by atoms with Crippen molar-refractivity contribution in [1.82, 2.24) is 15.2 Å². The van der Waals surface area contributed by atoms with E-state index < -0.39 is 10.8 Å². The van der Waals surface area contributed by atoms with Gasteiger partial charge in [0.05, 0.1) is 25.2 Å². The van der Waals surface area contributed by atoms with Crippen molar-refractivity contribution < 1.29 is 19.2 Å². The van der Waals surface area contributed by atoms with Crippen LogP contribution in [0.3, 0.4) is 0 Å². The Kier molecular flexibility index (Phi) is 5.05. The average Bonchev–Trinajstić information content (AvgIpc) is 3.49. The second-order valence-corrected chi connectivity index (χ2v) is 6.83. The van der Waals surface area contributed by atoms with Gasteiger partial charge in [-0.15, -0.1) is 0 Å². The number of methoxy groups -OCH3 is 2. The average molecular weight is 409 g/mol. The van der Waals surface area contributed by atoms with E-state index in [1.807, 2.05) is 0 Å². The number of rotatable bonds is 7. The number of carbonyl (C=O) groups excluding carboxylic acids is 1. The first kappa shape index (κ1) is 19.4. The molecule has 2 aromatic carbocycles. The van der Waals surface area contributed by atoms with E-state index in [0.29, 0.717) is 17.4 Å². The smallest absolute Gasteiger partial charge is 0.286 e. The molecule has 0 unspecified atom stereocenters. The number of nitrogens with one attached hydrogen (secondary N) is 2. The zero-order chi connectivity index (χ0) is 21.3. The number of aromatic nitrogens is 3. The van der Waals surface area contributed by atoms with Gasteiger partial charge < -0.3 is 14.8 Å². The molecule has 3 aromatic rings. The van der Waals surface area contributed by atoms with Crippen molar-refractivity contribution in [2.45, 2.75) is 18.8 Å². The van der Waals surface area contributed by atoms with Crippen molar-refractivity contribution >= 4 is 17.3 Å². The highest BCUT2D eigenvalue weighted by molar-refractivity contribution is 6.07. The summed E-state index contributed by atoms with van der Waals surface area (Å²) < 4.78 is 10.2. The Morgan fingerprint density at radius 3 is 2.43 bits per heavy atom. The third kappa shape index (κ3) is 3.79. The summed E-state index contributed by atoms with van der Waals surface area (Å²) >= 11 is 0. The number of hydrogen-bond acceptors (Lipinski definition) is 7. The van der Waals surface area contributed by atoms with E-state index in [0.717, 1.165) is 30.3 Å². The van der Waals surface area contributed by atoms with Crippen molar-refractivity contribution in [3.8, 4) is 22.9 Å². The Morgan fingerprint density at radius 2 is 1.83 bits per heavy atom. The molecule has 1 saturated carbocycles. The highest BCUT2D eigenvalue weighted by Gasteiger charge is 2.27. The molecule has 30 heavy (non-hydrogen) atoms. The molecule has 10 nitrogen and oxygen atoms in total. The van der Waals surface area contributed by atoms with Gasteiger partial charge in [-0.2, -0.15) is 5.10 Å². The number of nitro groups is 1. The van der Waals surface area contributed by atoms with Crippen LogP contribution in [0.25, 0.3) is 11.4 Å². The van der Waals surface area contributed by atoms with Crippen LogP contribution in [0.1, 0.15) is 34.9 Å². The summed E-state index contributed by atoms with van der Waals surface area (Å²) in [6.07, 6.45) is 2.25. The predicted octanol–water partition coefficient (Wildman–Crippen LogP) is 3.53. The minimum Gasteiger partial charge on any atom is -0.493 e. The Labute approximate surface area is 171 Å². The maximum absolute atomic E-state index is 12.7. The molecular formula is C20H19N5O5. The minimum absolute atomic E-state index is 0.134. The maximum Gasteiger partial charge on any atom is 0.286 e. The summed E-state index contributed by atoms with van der Waals surface area (Å²) in [6.45, 7) is 0. The summed E-state index contributed by atoms with van der Waals surface area (Å²) in [7, 11) is 2.76. The summed E-state index contributed by atoms with van der Waals surface area (Å²) in [5.41, 5.74) is 0.763. The van der Waals surface area contributed by atoms with E-state index in [4.69, 9.17) is 9.47 Å². The molecular weight excluding hydrogens is 390 g/mol. The fourth-order valence-electron chi connectivity index (χ4n) is 3.04. The van der Waals surface area contributed by atoms with Gasteiger partial charge in [-0.25, -0.2) is 4.98 Å². The maximum atomic E-state index is 12.7. The van der Waals surface area contributed by atoms with Gasteiger partial charge in [-0.05, 0) is 37.1 Å². The topological polar surface area (TPSA) is 132 Å². The Hall–Kier alpha value is -3.95. The second kappa shape index (κ2) is 7.82. The quantitative estimate of drug-likeness (QED) is 0.450. The van der Waals surface area contributed by atoms with Gasteiger partial charge in [0, 0.05) is 23.2 Å². The van der Waals surface area contributed by atoms with Crippen LogP contribution in [-0.2, 0) is 0 Å². The number of benzene rings is 2. The molecule has 2 N–H and O–H groups in total. The fourth-order valence-corrected chi connectivity index (χ4v) is 3.04. The van der Waals surface area contributed by atoms with Crippen molar-refractivity contribution in [2.24, 2.45) is 0 Å². The second-order valence-electron chi connectivity index (χ2n) is 6.83. The number of H-pyrrole nitrogens is 1. The van der Waals surface area contributed by atoms with Crippen LogP contribution >= 0.6 is 0 Å². The van der Waals surface area contributed by atoms with Gasteiger partial charge in [-0.1, -0.05) is 0 Å². The zero-order valence-electron chi connectivity index (χ0n) is 16.3. The summed E-state index contributed by atoms with van der Waals surface area (Å²) in [5, 5.41) is 21.3. The highest BCUT2D eigenvalue weighted by atomic mass is 16.6. The van der Waals surface area contributed by atoms with Crippen LogP contribution in [0.5, 0.6) is 11.5 Å². The number of hydrogen-bond donors (Lipinski definition) is 2. The Balaban J connectivity index is 1.55. The molecule has 1 amide bonds. The molecule has 0 spiro atoms. The van der Waals surface area contributed by atoms with Crippen LogP contribution in [0, 0.1) is 10.1 Å². The molecule has 0 radical (unpaired) electrons. The number of nitrogens with zero attached hydrogens (tertiary/aromatic N) is 3. The number of anilines is 1. The lowest BCUT2D eigenvalue weighted by atomic mass is 10.1. The first-order valence-electron chi connectivity index (χ1n) is 9.24. The molecule has 1 fully saturated rings. The lowest BCUT2D eigenvalue weighted by molar-refractivity contribution is -0.385. The van der Waals surface area contributed by atoms with Gasteiger partial charge >= 0.3 is 0 Å². The highest BCUT2D eigenvalue weighted by Crippen LogP contribution is 2.38. The van der Waals surface area contributed by atoms with Crippen molar-refractivity contribution in [1.29, 1.82) is 0 Å². The van der Waals surface area contributed by atoms with Gasteiger partial charge in [-0.3, -0.25) is 20.0 Å². The van der Waals surface area contributed by atoms with Crippen molar-refractivity contribution in [3.05, 3.63) is 57.9 Å². The molecule has 1 aromatic heterocycles. The normalized spacial score (nSPS) is 13.0. The molecule has 1 heterocycles. The van der Waals surface area contributed by atoms with E-state index in [1.165, 1.54) is 20.3 Å². The van der Waals surface area contributed by atoms with Gasteiger partial charge in [0.2, 0.25) is 0 Å². The molecule has 4 rings (SSSR count). The first-order valence-corrected chi connectivity index (χ1v) is 9.24. The molecule has 10 heteroatoms. The largest absolute Gasteiger partial charge is 0.493 e. The number of amides is 1. The summed E-state index contributed by atoms with van der Waals surface area (Å²) in [6, 6.07) is 9.38. The predicted molar refractivity (Wildman–Crippen MR) is 108 cm³/mol. The van der Waals surface area contributed by atoms with E-state index in [9.17, 15) is 14.9 Å². The summed E-state index contributed by atoms with van der Waals surface area (Å²) in [5.74, 6) is 1.71. The third-order valence-corrected chi connectivity index (χ3v) is 4.81. The van der Waals surface area contributed by atoms with Crippen LogP contribution in [-0.4, -0.2) is 40.2 Å². The number of nitro benzene ring substituents is 1. The zero-order valence-corrected chi connectivity index (χ0v) is 16.3. The van der Waals surface area contributed by atoms with Crippen LogP contribution in [0.15, 0.2) is 36.4 Å². The number of ether oxygens (including phenoxy) is 2. The minimum atomic E-state index is -0.638. The molecule has 0 bridgehead atoms. The molecule has 1 aliphatic rings. The van der Waals surface area contributed by atoms with Crippen LogP contribution < -0.4 is 14.8 Å². The monoisotopic (exact) mass is 409 g/mol. The van der Waals surface area contributed by atoms with E-state index in [1.54, 1.807) is 24.3 Å². The molecule has 1 aliphatic carbocycles. The van der Waals surface area contributed by atoms with E-state index >= 15 is 0 Å². The standard InChI is InChI=1S/C20H19N5O5/c1-29-16-9-14(15(25(27)28)10-17(16)30-2)20(26)21-13-7-5-12(6-8-13)19-22-18(23-24-19)11-3-4-11/h5-11H,3-4H2,1-2H3,(H,21,26)(H,22,23,24). The third-order valence-electron chi connectivity index (χ3n) is 4.81. The Morgan fingerprint density at radius 1 is 1.17 bits per heavy atom.